The van der Waals surface area contributed by atoms with Gasteiger partial charge in [0.05, 0.1) is 0 Å². The third kappa shape index (κ3) is 17.7. The molecule has 1 rings (SSSR count). The second-order valence-corrected chi connectivity index (χ2v) is 2.31. The van der Waals surface area contributed by atoms with Gasteiger partial charge in [0.15, 0.2) is 0 Å². The summed E-state index contributed by atoms with van der Waals surface area (Å²) >= 11 is 0. The van der Waals surface area contributed by atoms with Gasteiger partial charge < -0.3 is 22.6 Å². The summed E-state index contributed by atoms with van der Waals surface area (Å²) in [5, 5.41) is 3.28. The fourth-order valence-corrected chi connectivity index (χ4v) is 0.802. The first-order valence-electron chi connectivity index (χ1n) is 3.58. The molecule has 0 amide bonds. The molecule has 1 saturated heterocycles. The molecule has 68 valence electrons. The van der Waals surface area contributed by atoms with Gasteiger partial charge in [-0.1, -0.05) is 6.42 Å². The lowest BCUT2D eigenvalue weighted by atomic mass is 10.2. The summed E-state index contributed by atoms with van der Waals surface area (Å²) in [5.74, 6) is 0. The second kappa shape index (κ2) is 5.40. The van der Waals surface area contributed by atoms with E-state index < -0.39 is 7.25 Å². The zero-order chi connectivity index (χ0) is 8.74. The molecule has 0 spiro atoms. The summed E-state index contributed by atoms with van der Waals surface area (Å²) in [7, 11) is -6.00. The van der Waals surface area contributed by atoms with Gasteiger partial charge in [-0.2, -0.15) is 0 Å². The molecule has 11 heavy (non-hydrogen) atoms. The molecule has 1 aliphatic rings. The molecule has 0 bridgehead atoms. The zero-order valence-corrected chi connectivity index (χ0v) is 6.12. The maximum absolute atomic E-state index is 9.75. The van der Waals surface area contributed by atoms with Crippen molar-refractivity contribution >= 4 is 7.25 Å². The highest BCUT2D eigenvalue weighted by Gasteiger charge is 2.20. The van der Waals surface area contributed by atoms with Gasteiger partial charge in [-0.3, -0.25) is 0 Å². The van der Waals surface area contributed by atoms with Crippen molar-refractivity contribution < 1.29 is 17.3 Å². The largest absolute Gasteiger partial charge is 0.673 e. The third-order valence-electron chi connectivity index (χ3n) is 1.21. The molecule has 0 aromatic carbocycles. The Labute approximate surface area is 63.3 Å². The summed E-state index contributed by atoms with van der Waals surface area (Å²) in [6.07, 6.45) is 4.22. The van der Waals surface area contributed by atoms with Crippen LogP contribution in [0.2, 0.25) is 0 Å². The molecular weight excluding hydrogens is 161 g/mol. The van der Waals surface area contributed by atoms with Gasteiger partial charge in [-0.05, 0) is 25.9 Å². The average molecular weight is 172 g/mol. The molecule has 0 atom stereocenters. The summed E-state index contributed by atoms with van der Waals surface area (Å²) in [4.78, 5) is 0. The smallest absolute Gasteiger partial charge is 0.418 e. The molecule has 0 radical (unpaired) electrons. The van der Waals surface area contributed by atoms with Crippen LogP contribution in [0.4, 0.5) is 17.3 Å². The van der Waals surface area contributed by atoms with Crippen molar-refractivity contribution in [2.75, 3.05) is 13.1 Å². The van der Waals surface area contributed by atoms with Crippen molar-refractivity contribution in [3.63, 3.8) is 0 Å². The summed E-state index contributed by atoms with van der Waals surface area (Å²) in [5.41, 5.74) is 0. The average Bonchev–Trinajstić information content (AvgIpc) is 1.88. The standard InChI is InChI=1S/C5H11N.BF4/c1-2-4-6-5-3-1;2-1(3,4)5/h6H,1-5H2;/q;-1. The van der Waals surface area contributed by atoms with Crippen LogP contribution < -0.4 is 5.32 Å². The van der Waals surface area contributed by atoms with E-state index in [1.165, 1.54) is 32.4 Å². The number of halogens is 4. The molecule has 0 unspecified atom stereocenters. The van der Waals surface area contributed by atoms with Crippen molar-refractivity contribution in [2.45, 2.75) is 19.3 Å². The normalized spacial score (nSPS) is 18.5. The van der Waals surface area contributed by atoms with Gasteiger partial charge in [0.1, 0.15) is 0 Å². The molecule has 0 aliphatic carbocycles. The van der Waals surface area contributed by atoms with Gasteiger partial charge in [-0.25, -0.2) is 0 Å². The van der Waals surface area contributed by atoms with Gasteiger partial charge >= 0.3 is 7.25 Å². The van der Waals surface area contributed by atoms with E-state index >= 15 is 0 Å². The first-order valence-corrected chi connectivity index (χ1v) is 3.58. The van der Waals surface area contributed by atoms with Crippen LogP contribution in [-0.4, -0.2) is 20.3 Å². The van der Waals surface area contributed by atoms with Crippen LogP contribution in [0.5, 0.6) is 0 Å². The summed E-state index contributed by atoms with van der Waals surface area (Å²) in [6, 6.07) is 0. The van der Waals surface area contributed by atoms with E-state index in [9.17, 15) is 17.3 Å². The maximum Gasteiger partial charge on any atom is 0.673 e. The van der Waals surface area contributed by atoms with Crippen molar-refractivity contribution in [3.05, 3.63) is 0 Å². The fraction of sp³-hybridized carbons (Fsp3) is 1.00. The van der Waals surface area contributed by atoms with Crippen LogP contribution in [0.1, 0.15) is 19.3 Å². The van der Waals surface area contributed by atoms with Crippen LogP contribution in [-0.2, 0) is 0 Å². The van der Waals surface area contributed by atoms with Crippen molar-refractivity contribution in [3.8, 4) is 0 Å². The minimum atomic E-state index is -6.00. The SMILES string of the molecule is C1CCNCC1.F[B-](F)(F)F. The molecule has 1 aliphatic heterocycles. The lowest BCUT2D eigenvalue weighted by Gasteiger charge is -2.08. The van der Waals surface area contributed by atoms with E-state index in [0.29, 0.717) is 0 Å². The predicted molar refractivity (Wildman–Crippen MR) is 36.9 cm³/mol. The van der Waals surface area contributed by atoms with E-state index in [0.717, 1.165) is 0 Å². The topological polar surface area (TPSA) is 12.0 Å². The molecule has 1 N–H and O–H groups in total. The van der Waals surface area contributed by atoms with E-state index in [4.69, 9.17) is 0 Å². The molecule has 0 aromatic heterocycles. The maximum atomic E-state index is 9.75. The van der Waals surface area contributed by atoms with Gasteiger partial charge in [0.2, 0.25) is 0 Å². The van der Waals surface area contributed by atoms with Crippen LogP contribution in [0.3, 0.4) is 0 Å². The molecule has 0 saturated carbocycles. The Morgan fingerprint density at radius 3 is 1.27 bits per heavy atom. The summed E-state index contributed by atoms with van der Waals surface area (Å²) in [6.45, 7) is 2.50. The van der Waals surface area contributed by atoms with Crippen LogP contribution in [0.15, 0.2) is 0 Å². The first-order chi connectivity index (χ1) is 5.00. The van der Waals surface area contributed by atoms with Crippen LogP contribution >= 0.6 is 0 Å². The molecule has 1 heterocycles. The lowest BCUT2D eigenvalue weighted by molar-refractivity contribution is 0.368. The van der Waals surface area contributed by atoms with E-state index in [1.807, 2.05) is 0 Å². The minimum absolute atomic E-state index is 1.25. The van der Waals surface area contributed by atoms with E-state index in [1.54, 1.807) is 0 Å². The van der Waals surface area contributed by atoms with Gasteiger partial charge in [-0.15, -0.1) is 0 Å². The zero-order valence-electron chi connectivity index (χ0n) is 6.12. The lowest BCUT2D eigenvalue weighted by Crippen LogP contribution is -2.21. The number of piperidine rings is 1. The van der Waals surface area contributed by atoms with Gasteiger partial charge in [0.25, 0.3) is 0 Å². The monoisotopic (exact) mass is 172 g/mol. The van der Waals surface area contributed by atoms with Gasteiger partial charge in [0, 0.05) is 0 Å². The van der Waals surface area contributed by atoms with E-state index in [2.05, 4.69) is 5.32 Å². The predicted octanol–water partition coefficient (Wildman–Crippen LogP) is 2.06. The third-order valence-corrected chi connectivity index (χ3v) is 1.21. The Kier molecular flexibility index (Phi) is 5.28. The molecule has 0 aromatic rings. The molecule has 1 nitrogen and oxygen atoms in total. The van der Waals surface area contributed by atoms with E-state index in [-0.39, 0.29) is 0 Å². The van der Waals surface area contributed by atoms with Crippen molar-refractivity contribution in [1.29, 1.82) is 0 Å². The Hall–Kier alpha value is -0.255. The summed E-state index contributed by atoms with van der Waals surface area (Å²) < 4.78 is 39.0. The number of nitrogens with one attached hydrogen (secondary N) is 1. The number of hydrogen-bond acceptors (Lipinski definition) is 1. The molecule has 1 fully saturated rings. The number of hydrogen-bond donors (Lipinski definition) is 1. The highest BCUT2D eigenvalue weighted by molar-refractivity contribution is 6.50. The van der Waals surface area contributed by atoms with Crippen LogP contribution in [0, 0.1) is 0 Å². The quantitative estimate of drug-likeness (QED) is 0.435. The minimum Gasteiger partial charge on any atom is -0.418 e. The Morgan fingerprint density at radius 1 is 0.818 bits per heavy atom. The highest BCUT2D eigenvalue weighted by Crippen LogP contribution is 2.06. The highest BCUT2D eigenvalue weighted by atomic mass is 19.5. The number of rotatable bonds is 0. The first kappa shape index (κ1) is 10.7. The van der Waals surface area contributed by atoms with Crippen molar-refractivity contribution in [1.82, 2.24) is 5.32 Å². The fourth-order valence-electron chi connectivity index (χ4n) is 0.802. The molecular formula is C5H11BF4N-. The Balaban J connectivity index is 0.000000187. The van der Waals surface area contributed by atoms with Crippen molar-refractivity contribution in [2.24, 2.45) is 0 Å². The molecule has 6 heteroatoms. The Bertz CT molecular complexity index is 73.5. The second-order valence-electron chi connectivity index (χ2n) is 2.31. The van der Waals surface area contributed by atoms with Crippen LogP contribution in [0.25, 0.3) is 0 Å². The Morgan fingerprint density at radius 2 is 1.18 bits per heavy atom.